The highest BCUT2D eigenvalue weighted by Gasteiger charge is 2.28. The largest absolute Gasteiger partial charge is 0.353 e. The zero-order chi connectivity index (χ0) is 13.7. The molecule has 2 aliphatic heterocycles. The number of rotatable bonds is 2. The third-order valence-electron chi connectivity index (χ3n) is 4.07. The first-order valence-electron chi connectivity index (χ1n) is 7.46. The van der Waals surface area contributed by atoms with E-state index in [1.807, 2.05) is 4.90 Å². The fourth-order valence-corrected chi connectivity index (χ4v) is 2.99. The van der Waals surface area contributed by atoms with Gasteiger partial charge in [-0.25, -0.2) is 0 Å². The van der Waals surface area contributed by atoms with Gasteiger partial charge in [-0.15, -0.1) is 0 Å². The molecule has 1 unspecified atom stereocenters. The summed E-state index contributed by atoms with van der Waals surface area (Å²) < 4.78 is 0. The molecule has 0 bridgehead atoms. The molecule has 2 heterocycles. The Kier molecular flexibility index (Phi) is 5.19. The van der Waals surface area contributed by atoms with Crippen molar-refractivity contribution in [3.05, 3.63) is 0 Å². The Balaban J connectivity index is 1.79. The minimum absolute atomic E-state index is 0.0137. The predicted molar refractivity (Wildman–Crippen MR) is 73.7 cm³/mol. The van der Waals surface area contributed by atoms with E-state index in [1.54, 1.807) is 6.92 Å². The van der Waals surface area contributed by atoms with E-state index >= 15 is 0 Å². The molecule has 5 heteroatoms. The molecule has 0 radical (unpaired) electrons. The van der Waals surface area contributed by atoms with Crippen molar-refractivity contribution >= 4 is 11.8 Å². The second kappa shape index (κ2) is 6.89. The van der Waals surface area contributed by atoms with Gasteiger partial charge in [0.05, 0.1) is 6.04 Å². The topological polar surface area (TPSA) is 61.4 Å². The van der Waals surface area contributed by atoms with Crippen LogP contribution in [-0.2, 0) is 9.59 Å². The lowest BCUT2D eigenvalue weighted by Crippen LogP contribution is -2.51. The van der Waals surface area contributed by atoms with Crippen LogP contribution in [0.4, 0.5) is 0 Å². The monoisotopic (exact) mass is 267 g/mol. The fraction of sp³-hybridized carbons (Fsp3) is 0.857. The third-order valence-corrected chi connectivity index (χ3v) is 4.07. The van der Waals surface area contributed by atoms with Gasteiger partial charge in [0.2, 0.25) is 11.8 Å². The van der Waals surface area contributed by atoms with Crippen molar-refractivity contribution < 1.29 is 9.59 Å². The summed E-state index contributed by atoms with van der Waals surface area (Å²) in [6.07, 6.45) is 6.25. The summed E-state index contributed by atoms with van der Waals surface area (Å²) in [6, 6.07) is 0.253. The van der Waals surface area contributed by atoms with Gasteiger partial charge in [0.15, 0.2) is 0 Å². The maximum atomic E-state index is 12.4. The van der Waals surface area contributed by atoms with E-state index in [2.05, 4.69) is 10.6 Å². The maximum absolute atomic E-state index is 12.4. The first-order valence-corrected chi connectivity index (χ1v) is 7.46. The molecule has 0 aromatic carbocycles. The van der Waals surface area contributed by atoms with E-state index in [0.717, 1.165) is 45.3 Å². The molecule has 5 nitrogen and oxygen atoms in total. The highest BCUT2D eigenvalue weighted by atomic mass is 16.2. The van der Waals surface area contributed by atoms with Crippen LogP contribution in [-0.4, -0.2) is 48.4 Å². The molecule has 108 valence electrons. The summed E-state index contributed by atoms with van der Waals surface area (Å²) >= 11 is 0. The molecule has 2 rings (SSSR count). The Bertz CT molecular complexity index is 317. The molecule has 19 heavy (non-hydrogen) atoms. The lowest BCUT2D eigenvalue weighted by molar-refractivity contribution is -0.134. The van der Waals surface area contributed by atoms with Crippen molar-refractivity contribution in [1.82, 2.24) is 15.5 Å². The van der Waals surface area contributed by atoms with Crippen LogP contribution in [0.25, 0.3) is 0 Å². The van der Waals surface area contributed by atoms with E-state index in [0.29, 0.717) is 0 Å². The van der Waals surface area contributed by atoms with Crippen LogP contribution in [0.15, 0.2) is 0 Å². The average molecular weight is 267 g/mol. The van der Waals surface area contributed by atoms with Gasteiger partial charge in [-0.3, -0.25) is 9.59 Å². The van der Waals surface area contributed by atoms with Crippen LogP contribution >= 0.6 is 0 Å². The standard InChI is InChI=1S/C14H25N3O2/c1-11(18)16-12-6-9-17(10-7-12)14(19)13-5-3-2-4-8-15-13/h12-13,15H,2-10H2,1H3,(H,16,18). The van der Waals surface area contributed by atoms with Gasteiger partial charge in [-0.2, -0.15) is 0 Å². The Labute approximate surface area is 115 Å². The van der Waals surface area contributed by atoms with Crippen molar-refractivity contribution in [1.29, 1.82) is 0 Å². The third kappa shape index (κ3) is 4.20. The van der Waals surface area contributed by atoms with Crippen molar-refractivity contribution in [3.63, 3.8) is 0 Å². The Morgan fingerprint density at radius 3 is 2.53 bits per heavy atom. The maximum Gasteiger partial charge on any atom is 0.239 e. The van der Waals surface area contributed by atoms with E-state index in [4.69, 9.17) is 0 Å². The molecule has 0 spiro atoms. The van der Waals surface area contributed by atoms with Gasteiger partial charge in [-0.05, 0) is 32.2 Å². The van der Waals surface area contributed by atoms with Crippen molar-refractivity contribution in [3.8, 4) is 0 Å². The number of amides is 2. The van der Waals surface area contributed by atoms with Gasteiger partial charge in [0.1, 0.15) is 0 Å². The van der Waals surface area contributed by atoms with E-state index < -0.39 is 0 Å². The van der Waals surface area contributed by atoms with Crippen LogP contribution in [0.2, 0.25) is 0 Å². The molecule has 0 aliphatic carbocycles. The highest BCUT2D eigenvalue weighted by Crippen LogP contribution is 2.15. The molecule has 0 saturated carbocycles. The van der Waals surface area contributed by atoms with Crippen molar-refractivity contribution in [2.24, 2.45) is 0 Å². The summed E-state index contributed by atoms with van der Waals surface area (Å²) in [5, 5.41) is 6.30. The SMILES string of the molecule is CC(=O)NC1CCN(C(=O)C2CCCCCN2)CC1. The molecule has 0 aromatic heterocycles. The van der Waals surface area contributed by atoms with Gasteiger partial charge in [0.25, 0.3) is 0 Å². The van der Waals surface area contributed by atoms with Crippen LogP contribution in [0.3, 0.4) is 0 Å². The highest BCUT2D eigenvalue weighted by molar-refractivity contribution is 5.82. The second-order valence-corrected chi connectivity index (χ2v) is 5.66. The van der Waals surface area contributed by atoms with Gasteiger partial charge < -0.3 is 15.5 Å². The van der Waals surface area contributed by atoms with E-state index in [-0.39, 0.29) is 23.9 Å². The quantitative estimate of drug-likeness (QED) is 0.772. The first-order chi connectivity index (χ1) is 9.16. The number of nitrogens with zero attached hydrogens (tertiary/aromatic N) is 1. The minimum Gasteiger partial charge on any atom is -0.353 e. The number of nitrogens with one attached hydrogen (secondary N) is 2. The first kappa shape index (κ1) is 14.3. The van der Waals surface area contributed by atoms with Crippen LogP contribution in [0.5, 0.6) is 0 Å². The normalized spacial score (nSPS) is 25.7. The molecule has 2 aliphatic rings. The number of hydrogen-bond donors (Lipinski definition) is 2. The fourth-order valence-electron chi connectivity index (χ4n) is 2.99. The minimum atomic E-state index is 0.0137. The average Bonchev–Trinajstić information content (AvgIpc) is 2.67. The smallest absolute Gasteiger partial charge is 0.239 e. The van der Waals surface area contributed by atoms with Crippen LogP contribution in [0.1, 0.15) is 45.4 Å². The number of carbonyl (C=O) groups excluding carboxylic acids is 2. The Morgan fingerprint density at radius 2 is 1.84 bits per heavy atom. The second-order valence-electron chi connectivity index (χ2n) is 5.66. The summed E-state index contributed by atoms with van der Waals surface area (Å²) in [5.41, 5.74) is 0. The van der Waals surface area contributed by atoms with Gasteiger partial charge in [0, 0.05) is 26.1 Å². The molecular weight excluding hydrogens is 242 g/mol. The molecule has 0 aromatic rings. The Hall–Kier alpha value is -1.10. The summed E-state index contributed by atoms with van der Waals surface area (Å²) in [7, 11) is 0. The summed E-state index contributed by atoms with van der Waals surface area (Å²) in [6.45, 7) is 4.04. The number of carbonyl (C=O) groups is 2. The molecule has 2 saturated heterocycles. The number of hydrogen-bond acceptors (Lipinski definition) is 3. The van der Waals surface area contributed by atoms with Gasteiger partial charge in [-0.1, -0.05) is 12.8 Å². The lowest BCUT2D eigenvalue weighted by atomic mass is 10.0. The van der Waals surface area contributed by atoms with E-state index in [1.165, 1.54) is 12.8 Å². The molecule has 1 atom stereocenters. The predicted octanol–water partition coefficient (Wildman–Crippen LogP) is 0.646. The van der Waals surface area contributed by atoms with E-state index in [9.17, 15) is 9.59 Å². The van der Waals surface area contributed by atoms with Gasteiger partial charge >= 0.3 is 0 Å². The van der Waals surface area contributed by atoms with Crippen molar-refractivity contribution in [2.45, 2.75) is 57.5 Å². The zero-order valence-electron chi connectivity index (χ0n) is 11.8. The zero-order valence-corrected chi connectivity index (χ0v) is 11.8. The van der Waals surface area contributed by atoms with Crippen molar-refractivity contribution in [2.75, 3.05) is 19.6 Å². The Morgan fingerprint density at radius 1 is 1.11 bits per heavy atom. The number of likely N-dealkylation sites (tertiary alicyclic amines) is 1. The molecular formula is C14H25N3O2. The van der Waals surface area contributed by atoms with Crippen LogP contribution in [0, 0.1) is 0 Å². The summed E-state index contributed by atoms with van der Waals surface area (Å²) in [5.74, 6) is 0.276. The molecule has 2 fully saturated rings. The molecule has 2 amide bonds. The summed E-state index contributed by atoms with van der Waals surface area (Å²) in [4.78, 5) is 25.4. The lowest BCUT2D eigenvalue weighted by Gasteiger charge is -2.34. The van der Waals surface area contributed by atoms with Crippen LogP contribution < -0.4 is 10.6 Å². The number of piperidine rings is 1. The molecule has 2 N–H and O–H groups in total.